The first-order valence-corrected chi connectivity index (χ1v) is 6.71. The topological polar surface area (TPSA) is 67.5 Å². The van der Waals surface area contributed by atoms with Gasteiger partial charge in [0.1, 0.15) is 5.76 Å². The highest BCUT2D eigenvalue weighted by Crippen LogP contribution is 2.16. The van der Waals surface area contributed by atoms with Crippen LogP contribution in [0.3, 0.4) is 0 Å². The molecule has 0 fully saturated rings. The molecular weight excluding hydrogens is 228 g/mol. The fourth-order valence-corrected chi connectivity index (χ4v) is 2.58. The summed E-state index contributed by atoms with van der Waals surface area (Å²) in [7, 11) is -0.966. The van der Waals surface area contributed by atoms with E-state index in [4.69, 9.17) is 9.52 Å². The van der Waals surface area contributed by atoms with Crippen LogP contribution in [0.15, 0.2) is 10.5 Å². The summed E-state index contributed by atoms with van der Waals surface area (Å²) >= 11 is 0. The summed E-state index contributed by atoms with van der Waals surface area (Å²) in [6.07, 6.45) is 1.92. The van der Waals surface area contributed by atoms with Crippen molar-refractivity contribution in [1.29, 1.82) is 0 Å². The second-order valence-electron chi connectivity index (χ2n) is 3.67. The molecule has 0 radical (unpaired) electrons. The molecule has 1 atom stereocenters. The molecule has 0 saturated heterocycles. The van der Waals surface area contributed by atoms with E-state index < -0.39 is 16.8 Å². The number of aryl methyl sites for hydroxylation is 1. The molecule has 5 heteroatoms. The Balaban J connectivity index is 2.64. The van der Waals surface area contributed by atoms with E-state index in [0.29, 0.717) is 22.8 Å². The van der Waals surface area contributed by atoms with Crippen molar-refractivity contribution in [1.82, 2.24) is 0 Å². The van der Waals surface area contributed by atoms with Gasteiger partial charge in [-0.05, 0) is 19.4 Å². The number of rotatable bonds is 6. The van der Waals surface area contributed by atoms with Gasteiger partial charge in [-0.3, -0.25) is 4.21 Å². The summed E-state index contributed by atoms with van der Waals surface area (Å²) < 4.78 is 16.7. The zero-order valence-corrected chi connectivity index (χ0v) is 10.3. The fourth-order valence-electron chi connectivity index (χ4n) is 1.37. The van der Waals surface area contributed by atoms with Crippen LogP contribution in [0.5, 0.6) is 0 Å². The third kappa shape index (κ3) is 3.48. The molecule has 0 aliphatic carbocycles. The Morgan fingerprint density at radius 1 is 1.56 bits per heavy atom. The molecule has 90 valence electrons. The first kappa shape index (κ1) is 13.0. The van der Waals surface area contributed by atoms with E-state index in [1.807, 2.05) is 6.92 Å². The van der Waals surface area contributed by atoms with E-state index in [-0.39, 0.29) is 5.76 Å². The fraction of sp³-hybridized carbons (Fsp3) is 0.545. The van der Waals surface area contributed by atoms with Gasteiger partial charge < -0.3 is 9.52 Å². The van der Waals surface area contributed by atoms with E-state index >= 15 is 0 Å². The zero-order valence-electron chi connectivity index (χ0n) is 9.49. The van der Waals surface area contributed by atoms with Crippen molar-refractivity contribution < 1.29 is 18.5 Å². The molecule has 0 bridgehead atoms. The maximum Gasteiger partial charge on any atom is 0.372 e. The quantitative estimate of drug-likeness (QED) is 0.834. The van der Waals surface area contributed by atoms with Crippen LogP contribution in [-0.4, -0.2) is 21.0 Å². The number of carboxylic acids is 1. The number of hydrogen-bond donors (Lipinski definition) is 1. The Morgan fingerprint density at radius 2 is 2.25 bits per heavy atom. The van der Waals surface area contributed by atoms with Crippen LogP contribution in [0, 0.1) is 6.92 Å². The van der Waals surface area contributed by atoms with Crippen molar-refractivity contribution in [2.24, 2.45) is 0 Å². The van der Waals surface area contributed by atoms with E-state index in [1.54, 1.807) is 13.0 Å². The molecule has 1 rings (SSSR count). The maximum absolute atomic E-state index is 11.6. The van der Waals surface area contributed by atoms with E-state index in [0.717, 1.165) is 12.8 Å². The molecule has 1 unspecified atom stereocenters. The lowest BCUT2D eigenvalue weighted by atomic mass is 10.3. The lowest BCUT2D eigenvalue weighted by Crippen LogP contribution is -2.00. The van der Waals surface area contributed by atoms with Crippen LogP contribution in [0.2, 0.25) is 0 Å². The Kier molecular flexibility index (Phi) is 4.73. The molecule has 1 heterocycles. The summed E-state index contributed by atoms with van der Waals surface area (Å²) in [5, 5.41) is 8.78. The second kappa shape index (κ2) is 5.84. The van der Waals surface area contributed by atoms with Crippen LogP contribution < -0.4 is 0 Å². The van der Waals surface area contributed by atoms with Gasteiger partial charge in [-0.15, -0.1) is 0 Å². The number of furan rings is 1. The molecule has 0 aromatic carbocycles. The van der Waals surface area contributed by atoms with Crippen molar-refractivity contribution in [2.45, 2.75) is 32.4 Å². The molecule has 1 aromatic rings. The first-order valence-electron chi connectivity index (χ1n) is 5.22. The van der Waals surface area contributed by atoms with Crippen molar-refractivity contribution in [3.05, 3.63) is 23.2 Å². The highest BCUT2D eigenvalue weighted by molar-refractivity contribution is 7.84. The van der Waals surface area contributed by atoms with Gasteiger partial charge in [-0.2, -0.15) is 0 Å². The van der Waals surface area contributed by atoms with Gasteiger partial charge in [0, 0.05) is 22.1 Å². The SMILES string of the molecule is CCCCS(=O)Cc1cc(C)c(C(=O)O)o1. The number of carbonyl (C=O) groups is 1. The Bertz CT molecular complexity index is 395. The van der Waals surface area contributed by atoms with Gasteiger partial charge in [0.15, 0.2) is 0 Å². The van der Waals surface area contributed by atoms with Crippen molar-refractivity contribution in [3.63, 3.8) is 0 Å². The highest BCUT2D eigenvalue weighted by Gasteiger charge is 2.15. The molecule has 16 heavy (non-hydrogen) atoms. The molecular formula is C11H16O4S. The minimum Gasteiger partial charge on any atom is -0.475 e. The smallest absolute Gasteiger partial charge is 0.372 e. The van der Waals surface area contributed by atoms with Crippen LogP contribution in [0.4, 0.5) is 0 Å². The molecule has 1 aromatic heterocycles. The van der Waals surface area contributed by atoms with Crippen molar-refractivity contribution in [2.75, 3.05) is 5.75 Å². The van der Waals surface area contributed by atoms with Gasteiger partial charge in [-0.25, -0.2) is 4.79 Å². The number of unbranched alkanes of at least 4 members (excludes halogenated alkanes) is 1. The second-order valence-corrected chi connectivity index (χ2v) is 5.25. The third-order valence-corrected chi connectivity index (χ3v) is 3.54. The van der Waals surface area contributed by atoms with Crippen LogP contribution >= 0.6 is 0 Å². The zero-order chi connectivity index (χ0) is 12.1. The predicted octanol–water partition coefficient (Wildman–Crippen LogP) is 2.34. The van der Waals surface area contributed by atoms with E-state index in [9.17, 15) is 9.00 Å². The monoisotopic (exact) mass is 244 g/mol. The lowest BCUT2D eigenvalue weighted by molar-refractivity contribution is 0.0659. The van der Waals surface area contributed by atoms with Gasteiger partial charge in [0.05, 0.1) is 5.75 Å². The van der Waals surface area contributed by atoms with Crippen LogP contribution in [0.25, 0.3) is 0 Å². The molecule has 0 amide bonds. The lowest BCUT2D eigenvalue weighted by Gasteiger charge is -1.97. The summed E-state index contributed by atoms with van der Waals surface area (Å²) in [5.74, 6) is 0.294. The van der Waals surface area contributed by atoms with Crippen molar-refractivity contribution in [3.8, 4) is 0 Å². The Labute approximate surface area is 97.1 Å². The minimum atomic E-state index is -1.08. The summed E-state index contributed by atoms with van der Waals surface area (Å²) in [6.45, 7) is 3.71. The highest BCUT2D eigenvalue weighted by atomic mass is 32.2. The normalized spacial score (nSPS) is 12.6. The molecule has 1 N–H and O–H groups in total. The van der Waals surface area contributed by atoms with Crippen LogP contribution in [-0.2, 0) is 16.6 Å². The molecule has 4 nitrogen and oxygen atoms in total. The Hall–Kier alpha value is -1.10. The number of hydrogen-bond acceptors (Lipinski definition) is 3. The minimum absolute atomic E-state index is 0.0532. The average Bonchev–Trinajstić information content (AvgIpc) is 2.56. The number of aromatic carboxylic acids is 1. The standard InChI is InChI=1S/C11H16O4S/c1-3-4-5-16(14)7-9-6-8(2)10(15-9)11(12)13/h6H,3-5,7H2,1-2H3,(H,12,13). The summed E-state index contributed by atoms with van der Waals surface area (Å²) in [4.78, 5) is 10.7. The molecule has 0 aliphatic heterocycles. The van der Waals surface area contributed by atoms with E-state index in [2.05, 4.69) is 0 Å². The van der Waals surface area contributed by atoms with Gasteiger partial charge in [0.25, 0.3) is 0 Å². The van der Waals surface area contributed by atoms with Gasteiger partial charge in [0.2, 0.25) is 5.76 Å². The maximum atomic E-state index is 11.6. The molecule has 0 saturated carbocycles. The first-order chi connectivity index (χ1) is 7.54. The number of carboxylic acid groups (broad SMARTS) is 1. The average molecular weight is 244 g/mol. The molecule has 0 aliphatic rings. The molecule has 0 spiro atoms. The van der Waals surface area contributed by atoms with E-state index in [1.165, 1.54) is 0 Å². The third-order valence-electron chi connectivity index (χ3n) is 2.19. The van der Waals surface area contributed by atoms with Crippen molar-refractivity contribution >= 4 is 16.8 Å². The summed E-state index contributed by atoms with van der Waals surface area (Å²) in [5.41, 5.74) is 0.579. The predicted molar refractivity (Wildman–Crippen MR) is 62.0 cm³/mol. The van der Waals surface area contributed by atoms with Gasteiger partial charge >= 0.3 is 5.97 Å². The van der Waals surface area contributed by atoms with Gasteiger partial charge in [-0.1, -0.05) is 13.3 Å². The summed E-state index contributed by atoms with van der Waals surface area (Å²) in [6, 6.07) is 1.65. The largest absolute Gasteiger partial charge is 0.475 e. The Morgan fingerprint density at radius 3 is 2.75 bits per heavy atom. The van der Waals surface area contributed by atoms with Crippen LogP contribution in [0.1, 0.15) is 41.6 Å².